The van der Waals surface area contributed by atoms with Crippen LogP contribution in [0.2, 0.25) is 0 Å². The van der Waals surface area contributed by atoms with Gasteiger partial charge in [0.1, 0.15) is 10.8 Å². The van der Waals surface area contributed by atoms with Crippen LogP contribution in [0.15, 0.2) is 23.7 Å². The standard InChI is InChI=1S/C10H9N3O2S/c11-9-7(2-1-3-12-9)10-13-6(5-16-10)4-8(14)15/h1-3,5H,4H2,(H2,11,12)(H,14,15). The van der Waals surface area contributed by atoms with Crippen LogP contribution in [0.5, 0.6) is 0 Å². The van der Waals surface area contributed by atoms with Gasteiger partial charge in [0.15, 0.2) is 0 Å². The summed E-state index contributed by atoms with van der Waals surface area (Å²) in [6.45, 7) is 0. The van der Waals surface area contributed by atoms with E-state index in [0.717, 1.165) is 5.56 Å². The Hall–Kier alpha value is -1.95. The van der Waals surface area contributed by atoms with Gasteiger partial charge in [0.25, 0.3) is 0 Å². The first kappa shape index (κ1) is 10.6. The number of carboxylic acids is 1. The van der Waals surface area contributed by atoms with E-state index in [2.05, 4.69) is 9.97 Å². The second kappa shape index (κ2) is 4.28. The molecule has 0 amide bonds. The summed E-state index contributed by atoms with van der Waals surface area (Å²) in [4.78, 5) is 18.7. The topological polar surface area (TPSA) is 89.1 Å². The number of nitrogens with two attached hydrogens (primary N) is 1. The molecule has 2 aromatic heterocycles. The molecule has 0 aliphatic heterocycles. The molecule has 0 atom stereocenters. The molecule has 0 fully saturated rings. The predicted molar refractivity (Wildman–Crippen MR) is 61.1 cm³/mol. The lowest BCUT2D eigenvalue weighted by atomic mass is 10.2. The van der Waals surface area contributed by atoms with Gasteiger partial charge in [-0.15, -0.1) is 11.3 Å². The second-order valence-electron chi connectivity index (χ2n) is 3.15. The number of thiazole rings is 1. The van der Waals surface area contributed by atoms with Crippen LogP contribution in [-0.2, 0) is 11.2 Å². The molecule has 0 aliphatic rings. The normalized spacial score (nSPS) is 10.2. The van der Waals surface area contributed by atoms with Gasteiger partial charge in [-0.05, 0) is 12.1 Å². The van der Waals surface area contributed by atoms with Crippen molar-refractivity contribution >= 4 is 23.1 Å². The molecule has 0 saturated carbocycles. The first-order valence-corrected chi connectivity index (χ1v) is 5.42. The van der Waals surface area contributed by atoms with Gasteiger partial charge in [0, 0.05) is 11.6 Å². The summed E-state index contributed by atoms with van der Waals surface area (Å²) >= 11 is 1.36. The Morgan fingerprint density at radius 2 is 2.38 bits per heavy atom. The van der Waals surface area contributed by atoms with Crippen molar-refractivity contribution in [2.45, 2.75) is 6.42 Å². The van der Waals surface area contributed by atoms with Crippen molar-refractivity contribution in [1.29, 1.82) is 0 Å². The minimum Gasteiger partial charge on any atom is -0.481 e. The Bertz CT molecular complexity index is 524. The van der Waals surface area contributed by atoms with Gasteiger partial charge in [-0.1, -0.05) is 0 Å². The highest BCUT2D eigenvalue weighted by molar-refractivity contribution is 7.13. The average Bonchev–Trinajstić information content (AvgIpc) is 2.66. The van der Waals surface area contributed by atoms with Crippen LogP contribution < -0.4 is 5.73 Å². The Morgan fingerprint density at radius 3 is 3.06 bits per heavy atom. The van der Waals surface area contributed by atoms with Gasteiger partial charge in [0.2, 0.25) is 0 Å². The molecule has 2 aromatic rings. The fourth-order valence-electron chi connectivity index (χ4n) is 1.27. The third-order valence-electron chi connectivity index (χ3n) is 1.95. The maximum atomic E-state index is 10.5. The highest BCUT2D eigenvalue weighted by Gasteiger charge is 2.10. The van der Waals surface area contributed by atoms with Crippen molar-refractivity contribution in [3.8, 4) is 10.6 Å². The lowest BCUT2D eigenvalue weighted by Crippen LogP contribution is -2.00. The molecule has 82 valence electrons. The number of carbonyl (C=O) groups is 1. The number of pyridine rings is 1. The van der Waals surface area contributed by atoms with Gasteiger partial charge in [0.05, 0.1) is 17.7 Å². The molecule has 0 bridgehead atoms. The fourth-order valence-corrected chi connectivity index (χ4v) is 2.12. The van der Waals surface area contributed by atoms with Crippen molar-refractivity contribution in [3.63, 3.8) is 0 Å². The lowest BCUT2D eigenvalue weighted by Gasteiger charge is -1.98. The molecule has 0 saturated heterocycles. The first-order valence-electron chi connectivity index (χ1n) is 4.54. The summed E-state index contributed by atoms with van der Waals surface area (Å²) in [6.07, 6.45) is 1.53. The molecular weight excluding hydrogens is 226 g/mol. The Labute approximate surface area is 95.6 Å². The number of nitrogen functional groups attached to an aromatic ring is 1. The van der Waals surface area contributed by atoms with E-state index in [1.54, 1.807) is 17.6 Å². The van der Waals surface area contributed by atoms with E-state index in [0.29, 0.717) is 16.5 Å². The molecule has 2 rings (SSSR count). The van der Waals surface area contributed by atoms with Gasteiger partial charge >= 0.3 is 5.97 Å². The number of anilines is 1. The molecule has 2 heterocycles. The number of aliphatic carboxylic acids is 1. The molecule has 0 aromatic carbocycles. The monoisotopic (exact) mass is 235 g/mol. The zero-order valence-corrected chi connectivity index (χ0v) is 9.07. The lowest BCUT2D eigenvalue weighted by molar-refractivity contribution is -0.136. The van der Waals surface area contributed by atoms with Crippen LogP contribution in [0.3, 0.4) is 0 Å². The van der Waals surface area contributed by atoms with Crippen LogP contribution in [0.25, 0.3) is 10.6 Å². The Morgan fingerprint density at radius 1 is 1.56 bits per heavy atom. The molecule has 3 N–H and O–H groups in total. The molecule has 16 heavy (non-hydrogen) atoms. The van der Waals surface area contributed by atoms with Gasteiger partial charge in [-0.3, -0.25) is 4.79 Å². The number of nitrogens with zero attached hydrogens (tertiary/aromatic N) is 2. The van der Waals surface area contributed by atoms with Crippen LogP contribution in [0, 0.1) is 0 Å². The summed E-state index contributed by atoms with van der Waals surface area (Å²) < 4.78 is 0. The quantitative estimate of drug-likeness (QED) is 0.839. The largest absolute Gasteiger partial charge is 0.481 e. The van der Waals surface area contributed by atoms with Crippen LogP contribution >= 0.6 is 11.3 Å². The van der Waals surface area contributed by atoms with E-state index < -0.39 is 5.97 Å². The number of aromatic nitrogens is 2. The summed E-state index contributed by atoms with van der Waals surface area (Å²) in [5.74, 6) is -0.491. The van der Waals surface area contributed by atoms with Crippen LogP contribution in [0.4, 0.5) is 5.82 Å². The maximum absolute atomic E-state index is 10.5. The summed E-state index contributed by atoms with van der Waals surface area (Å²) in [7, 11) is 0. The van der Waals surface area contributed by atoms with Crippen molar-refractivity contribution in [1.82, 2.24) is 9.97 Å². The van der Waals surface area contributed by atoms with E-state index in [4.69, 9.17) is 10.8 Å². The van der Waals surface area contributed by atoms with Gasteiger partial charge in [-0.25, -0.2) is 9.97 Å². The molecule has 0 radical (unpaired) electrons. The van der Waals surface area contributed by atoms with E-state index in [1.165, 1.54) is 11.3 Å². The molecular formula is C10H9N3O2S. The molecule has 0 spiro atoms. The van der Waals surface area contributed by atoms with Crippen molar-refractivity contribution in [2.75, 3.05) is 5.73 Å². The summed E-state index contributed by atoms with van der Waals surface area (Å²) in [6, 6.07) is 3.58. The van der Waals surface area contributed by atoms with Crippen molar-refractivity contribution in [2.24, 2.45) is 0 Å². The van der Waals surface area contributed by atoms with Crippen LogP contribution in [0.1, 0.15) is 5.69 Å². The van der Waals surface area contributed by atoms with Crippen molar-refractivity contribution in [3.05, 3.63) is 29.4 Å². The number of carboxylic acid groups (broad SMARTS) is 1. The highest BCUT2D eigenvalue weighted by Crippen LogP contribution is 2.27. The zero-order valence-electron chi connectivity index (χ0n) is 8.25. The third kappa shape index (κ3) is 2.17. The van der Waals surface area contributed by atoms with E-state index in [9.17, 15) is 4.79 Å². The van der Waals surface area contributed by atoms with Crippen LogP contribution in [-0.4, -0.2) is 21.0 Å². The SMILES string of the molecule is Nc1ncccc1-c1nc(CC(=O)O)cs1. The maximum Gasteiger partial charge on any atom is 0.309 e. The minimum atomic E-state index is -0.893. The molecule has 0 unspecified atom stereocenters. The summed E-state index contributed by atoms with van der Waals surface area (Å²) in [5, 5.41) is 11.0. The van der Waals surface area contributed by atoms with Crippen molar-refractivity contribution < 1.29 is 9.90 Å². The Kier molecular flexibility index (Phi) is 2.82. The van der Waals surface area contributed by atoms with E-state index in [-0.39, 0.29) is 6.42 Å². The zero-order chi connectivity index (χ0) is 11.5. The average molecular weight is 235 g/mol. The first-order chi connectivity index (χ1) is 7.66. The number of hydrogen-bond donors (Lipinski definition) is 2. The smallest absolute Gasteiger partial charge is 0.309 e. The number of hydrogen-bond acceptors (Lipinski definition) is 5. The molecule has 5 nitrogen and oxygen atoms in total. The predicted octanol–water partition coefficient (Wildman–Crippen LogP) is 1.41. The minimum absolute atomic E-state index is 0.0728. The fraction of sp³-hybridized carbons (Fsp3) is 0.100. The third-order valence-corrected chi connectivity index (χ3v) is 2.88. The highest BCUT2D eigenvalue weighted by atomic mass is 32.1. The Balaban J connectivity index is 2.32. The van der Waals surface area contributed by atoms with E-state index >= 15 is 0 Å². The summed E-state index contributed by atoms with van der Waals surface area (Å²) in [5.41, 5.74) is 6.98. The van der Waals surface area contributed by atoms with Gasteiger partial charge in [-0.2, -0.15) is 0 Å². The van der Waals surface area contributed by atoms with E-state index in [1.807, 2.05) is 6.07 Å². The second-order valence-corrected chi connectivity index (χ2v) is 4.01. The molecule has 0 aliphatic carbocycles. The van der Waals surface area contributed by atoms with Gasteiger partial charge < -0.3 is 10.8 Å². The number of rotatable bonds is 3. The molecule has 6 heteroatoms.